The molecule has 0 atom stereocenters. The summed E-state index contributed by atoms with van der Waals surface area (Å²) < 4.78 is 0.917. The highest BCUT2D eigenvalue weighted by atomic mass is 127. The molecule has 88 valence electrons. The van der Waals surface area contributed by atoms with Crippen molar-refractivity contribution in [3.05, 3.63) is 63.2 Å². The molecule has 0 aromatic heterocycles. The molecule has 1 N–H and O–H groups in total. The van der Waals surface area contributed by atoms with E-state index in [9.17, 15) is 4.79 Å². The Bertz CT molecular complexity index is 628. The van der Waals surface area contributed by atoms with Crippen molar-refractivity contribution in [1.82, 2.24) is 0 Å². The Morgan fingerprint density at radius 3 is 2.67 bits per heavy atom. The average Bonchev–Trinajstić information content (AvgIpc) is 2.39. The second kappa shape index (κ2) is 5.69. The zero-order chi connectivity index (χ0) is 13.0. The summed E-state index contributed by atoms with van der Waals surface area (Å²) in [6.45, 7) is 0. The molecular weight excluding hydrogens is 337 g/mol. The van der Waals surface area contributed by atoms with Crippen molar-refractivity contribution in [3.8, 4) is 12.3 Å². The first-order chi connectivity index (χ1) is 8.70. The van der Waals surface area contributed by atoms with Gasteiger partial charge in [0.2, 0.25) is 0 Å². The van der Waals surface area contributed by atoms with Crippen molar-refractivity contribution in [1.29, 1.82) is 0 Å². The van der Waals surface area contributed by atoms with Crippen LogP contribution in [0.25, 0.3) is 0 Å². The van der Waals surface area contributed by atoms with Crippen molar-refractivity contribution in [2.75, 3.05) is 5.32 Å². The zero-order valence-corrected chi connectivity index (χ0v) is 11.6. The maximum atomic E-state index is 12.1. The number of nitrogens with one attached hydrogen (secondary N) is 1. The predicted octanol–water partition coefficient (Wildman–Crippen LogP) is 3.52. The second-order valence-corrected chi connectivity index (χ2v) is 4.82. The average molecular weight is 347 g/mol. The van der Waals surface area contributed by atoms with Gasteiger partial charge < -0.3 is 5.32 Å². The molecular formula is C15H10INO. The molecule has 0 aliphatic carbocycles. The van der Waals surface area contributed by atoms with Gasteiger partial charge in [-0.25, -0.2) is 0 Å². The number of carbonyl (C=O) groups is 1. The van der Waals surface area contributed by atoms with E-state index in [0.717, 1.165) is 9.13 Å². The van der Waals surface area contributed by atoms with Crippen LogP contribution in [0.5, 0.6) is 0 Å². The van der Waals surface area contributed by atoms with Crippen molar-refractivity contribution >= 4 is 34.2 Å². The molecule has 0 heterocycles. The van der Waals surface area contributed by atoms with E-state index in [1.54, 1.807) is 12.1 Å². The van der Waals surface area contributed by atoms with Crippen LogP contribution in [-0.4, -0.2) is 5.91 Å². The smallest absolute Gasteiger partial charge is 0.256 e. The van der Waals surface area contributed by atoms with Crippen LogP contribution in [0.1, 0.15) is 15.9 Å². The molecule has 0 radical (unpaired) electrons. The van der Waals surface area contributed by atoms with Crippen molar-refractivity contribution < 1.29 is 4.79 Å². The van der Waals surface area contributed by atoms with Gasteiger partial charge >= 0.3 is 0 Å². The Kier molecular flexibility index (Phi) is 4.00. The third-order valence-corrected chi connectivity index (χ3v) is 3.35. The van der Waals surface area contributed by atoms with Crippen LogP contribution < -0.4 is 5.32 Å². The van der Waals surface area contributed by atoms with Crippen LogP contribution in [0.2, 0.25) is 0 Å². The van der Waals surface area contributed by atoms with Crippen LogP contribution in [0.4, 0.5) is 5.69 Å². The Labute approximate surface area is 120 Å². The molecule has 0 unspecified atom stereocenters. The molecule has 2 nitrogen and oxygen atoms in total. The normalized spacial score (nSPS) is 9.56. The molecule has 1 amide bonds. The minimum absolute atomic E-state index is 0.130. The van der Waals surface area contributed by atoms with Crippen LogP contribution in [-0.2, 0) is 0 Å². The number of hydrogen-bond acceptors (Lipinski definition) is 1. The largest absolute Gasteiger partial charge is 0.322 e. The molecule has 0 spiro atoms. The number of benzene rings is 2. The predicted molar refractivity (Wildman–Crippen MR) is 81.5 cm³/mol. The SMILES string of the molecule is C#Cc1cccc(NC(=O)c2ccccc2I)c1. The van der Waals surface area contributed by atoms with Gasteiger partial charge in [-0.2, -0.15) is 0 Å². The van der Waals surface area contributed by atoms with Gasteiger partial charge in [-0.05, 0) is 52.9 Å². The lowest BCUT2D eigenvalue weighted by molar-refractivity contribution is 0.102. The Hall–Kier alpha value is -1.80. The van der Waals surface area contributed by atoms with Crippen LogP contribution in [0.3, 0.4) is 0 Å². The van der Waals surface area contributed by atoms with E-state index in [0.29, 0.717) is 11.3 Å². The number of rotatable bonds is 2. The Morgan fingerprint density at radius 1 is 1.17 bits per heavy atom. The lowest BCUT2D eigenvalue weighted by Gasteiger charge is -2.07. The number of carbonyl (C=O) groups excluding carboxylic acids is 1. The van der Waals surface area contributed by atoms with Gasteiger partial charge in [0.1, 0.15) is 0 Å². The van der Waals surface area contributed by atoms with Crippen LogP contribution in [0, 0.1) is 15.9 Å². The maximum Gasteiger partial charge on any atom is 0.256 e. The topological polar surface area (TPSA) is 29.1 Å². The van der Waals surface area contributed by atoms with Crippen molar-refractivity contribution in [2.45, 2.75) is 0 Å². The number of hydrogen-bond donors (Lipinski definition) is 1. The van der Waals surface area contributed by atoms with E-state index in [4.69, 9.17) is 6.42 Å². The number of terminal acetylenes is 1. The summed E-state index contributed by atoms with van der Waals surface area (Å²) >= 11 is 2.14. The molecule has 0 bridgehead atoms. The molecule has 0 aliphatic rings. The number of anilines is 1. The molecule has 0 fully saturated rings. The molecule has 2 rings (SSSR count). The third-order valence-electron chi connectivity index (χ3n) is 2.41. The highest BCUT2D eigenvalue weighted by Gasteiger charge is 2.09. The molecule has 2 aromatic carbocycles. The first-order valence-electron chi connectivity index (χ1n) is 5.33. The number of halogens is 1. The van der Waals surface area contributed by atoms with E-state index >= 15 is 0 Å². The second-order valence-electron chi connectivity index (χ2n) is 3.66. The van der Waals surface area contributed by atoms with Gasteiger partial charge in [-0.15, -0.1) is 6.42 Å². The molecule has 0 saturated heterocycles. The van der Waals surface area contributed by atoms with Crippen LogP contribution in [0.15, 0.2) is 48.5 Å². The monoisotopic (exact) mass is 347 g/mol. The number of amides is 1. The zero-order valence-electron chi connectivity index (χ0n) is 9.48. The summed E-state index contributed by atoms with van der Waals surface area (Å²) in [5.41, 5.74) is 2.11. The molecule has 2 aromatic rings. The molecule has 3 heteroatoms. The van der Waals surface area contributed by atoms with E-state index in [1.807, 2.05) is 36.4 Å². The van der Waals surface area contributed by atoms with Crippen molar-refractivity contribution in [2.24, 2.45) is 0 Å². The Morgan fingerprint density at radius 2 is 1.94 bits per heavy atom. The first-order valence-corrected chi connectivity index (χ1v) is 6.41. The van der Waals surface area contributed by atoms with Crippen molar-refractivity contribution in [3.63, 3.8) is 0 Å². The fourth-order valence-corrected chi connectivity index (χ4v) is 2.16. The Balaban J connectivity index is 2.22. The highest BCUT2D eigenvalue weighted by molar-refractivity contribution is 14.1. The van der Waals surface area contributed by atoms with E-state index < -0.39 is 0 Å². The van der Waals surface area contributed by atoms with Gasteiger partial charge in [0.25, 0.3) is 5.91 Å². The highest BCUT2D eigenvalue weighted by Crippen LogP contribution is 2.15. The summed E-state index contributed by atoms with van der Waals surface area (Å²) in [4.78, 5) is 12.1. The summed E-state index contributed by atoms with van der Waals surface area (Å²) in [7, 11) is 0. The molecule has 0 aliphatic heterocycles. The van der Waals surface area contributed by atoms with E-state index in [1.165, 1.54) is 0 Å². The summed E-state index contributed by atoms with van der Waals surface area (Å²) in [6.07, 6.45) is 5.32. The quantitative estimate of drug-likeness (QED) is 0.654. The summed E-state index contributed by atoms with van der Waals surface area (Å²) in [6, 6.07) is 14.7. The van der Waals surface area contributed by atoms with Gasteiger partial charge in [-0.3, -0.25) is 4.79 Å². The molecule has 18 heavy (non-hydrogen) atoms. The fraction of sp³-hybridized carbons (Fsp3) is 0. The molecule has 0 saturated carbocycles. The maximum absolute atomic E-state index is 12.1. The van der Waals surface area contributed by atoms with E-state index in [-0.39, 0.29) is 5.91 Å². The van der Waals surface area contributed by atoms with Gasteiger partial charge in [0.15, 0.2) is 0 Å². The minimum atomic E-state index is -0.130. The summed E-state index contributed by atoms with van der Waals surface area (Å²) in [5, 5.41) is 2.83. The lowest BCUT2D eigenvalue weighted by Crippen LogP contribution is -2.13. The standard InChI is InChI=1S/C15H10INO/c1-2-11-6-5-7-12(10-11)17-15(18)13-8-3-4-9-14(13)16/h1,3-10H,(H,17,18). The van der Waals surface area contributed by atoms with Crippen LogP contribution >= 0.6 is 22.6 Å². The minimum Gasteiger partial charge on any atom is -0.322 e. The first kappa shape index (κ1) is 12.7. The lowest BCUT2D eigenvalue weighted by atomic mass is 10.2. The third kappa shape index (κ3) is 2.90. The fourth-order valence-electron chi connectivity index (χ4n) is 1.53. The van der Waals surface area contributed by atoms with E-state index in [2.05, 4.69) is 33.8 Å². The van der Waals surface area contributed by atoms with Gasteiger partial charge in [-0.1, -0.05) is 24.1 Å². The summed E-state index contributed by atoms with van der Waals surface area (Å²) in [5.74, 6) is 2.41. The van der Waals surface area contributed by atoms with Gasteiger partial charge in [0, 0.05) is 14.8 Å². The van der Waals surface area contributed by atoms with Gasteiger partial charge in [0.05, 0.1) is 5.56 Å².